The van der Waals surface area contributed by atoms with E-state index in [0.717, 1.165) is 16.8 Å². The van der Waals surface area contributed by atoms with Crippen LogP contribution in [-0.2, 0) is 6.54 Å². The number of benzene rings is 1. The lowest BCUT2D eigenvalue weighted by atomic mass is 10.1. The summed E-state index contributed by atoms with van der Waals surface area (Å²) in [7, 11) is 0. The van der Waals surface area contributed by atoms with Crippen LogP contribution in [0.4, 0.5) is 5.69 Å². The number of hydrogen-bond donors (Lipinski definition) is 4. The predicted octanol–water partition coefficient (Wildman–Crippen LogP) is 1.33. The van der Waals surface area contributed by atoms with Crippen LogP contribution in [-0.4, -0.2) is 24.0 Å². The molecule has 0 saturated carbocycles. The minimum Gasteiger partial charge on any atom is -0.396 e. The van der Waals surface area contributed by atoms with Gasteiger partial charge in [-0.15, -0.1) is 0 Å². The van der Waals surface area contributed by atoms with Gasteiger partial charge in [0.25, 0.3) is 0 Å². The third-order valence-corrected chi connectivity index (χ3v) is 2.37. The lowest BCUT2D eigenvalue weighted by Crippen LogP contribution is -2.09. The van der Waals surface area contributed by atoms with E-state index in [9.17, 15) is 0 Å². The summed E-state index contributed by atoms with van der Waals surface area (Å²) >= 11 is 0. The molecule has 0 atom stereocenters. The molecule has 0 aliphatic carbocycles. The summed E-state index contributed by atoms with van der Waals surface area (Å²) in [4.78, 5) is 0. The summed E-state index contributed by atoms with van der Waals surface area (Å²) in [6.07, 6.45) is 0.698. The van der Waals surface area contributed by atoms with Gasteiger partial charge >= 0.3 is 0 Å². The molecule has 1 aromatic rings. The van der Waals surface area contributed by atoms with E-state index in [1.165, 1.54) is 0 Å². The highest BCUT2D eigenvalue weighted by atomic mass is 16.3. The number of aliphatic hydroxyl groups is 1. The molecule has 0 radical (unpaired) electrons. The quantitative estimate of drug-likeness (QED) is 0.432. The Balaban J connectivity index is 2.87. The molecule has 4 nitrogen and oxygen atoms in total. The van der Waals surface area contributed by atoms with Gasteiger partial charge in [-0.2, -0.15) is 0 Å². The molecule has 0 saturated heterocycles. The number of rotatable bonds is 6. The molecule has 0 spiro atoms. The maximum absolute atomic E-state index is 8.72. The second kappa shape index (κ2) is 6.25. The first kappa shape index (κ1) is 12.7. The van der Waals surface area contributed by atoms with E-state index in [-0.39, 0.29) is 6.61 Å². The van der Waals surface area contributed by atoms with E-state index >= 15 is 0 Å². The lowest BCUT2D eigenvalue weighted by Gasteiger charge is -2.12. The van der Waals surface area contributed by atoms with Gasteiger partial charge in [-0.25, -0.2) is 0 Å². The van der Waals surface area contributed by atoms with Gasteiger partial charge in [0.15, 0.2) is 0 Å². The van der Waals surface area contributed by atoms with Gasteiger partial charge in [0, 0.05) is 36.7 Å². The summed E-state index contributed by atoms with van der Waals surface area (Å²) in [5.74, 6) is 0. The zero-order valence-electron chi connectivity index (χ0n) is 9.59. The van der Waals surface area contributed by atoms with Crippen molar-refractivity contribution in [2.24, 2.45) is 5.73 Å². The molecule has 0 aliphatic heterocycles. The standard InChI is InChI=1S/C12H19N3O/c1-9(14)11-4-3-10(8-13)7-12(11)15-5-2-6-16/h3-4,7,14-16H,2,5-6,8,13H2,1H3. The minimum absolute atomic E-state index is 0.169. The summed E-state index contributed by atoms with van der Waals surface area (Å²) in [6, 6.07) is 5.81. The van der Waals surface area contributed by atoms with Crippen molar-refractivity contribution >= 4 is 11.4 Å². The maximum atomic E-state index is 8.72. The van der Waals surface area contributed by atoms with Crippen LogP contribution in [0.3, 0.4) is 0 Å². The van der Waals surface area contributed by atoms with Crippen molar-refractivity contribution in [1.82, 2.24) is 0 Å². The molecule has 4 heteroatoms. The maximum Gasteiger partial charge on any atom is 0.0447 e. The Morgan fingerprint density at radius 2 is 2.25 bits per heavy atom. The van der Waals surface area contributed by atoms with Crippen LogP contribution in [0.15, 0.2) is 18.2 Å². The van der Waals surface area contributed by atoms with E-state index in [4.69, 9.17) is 16.2 Å². The van der Waals surface area contributed by atoms with Gasteiger partial charge in [-0.05, 0) is 25.0 Å². The molecule has 1 rings (SSSR count). The van der Waals surface area contributed by atoms with Crippen molar-refractivity contribution in [3.05, 3.63) is 29.3 Å². The molecule has 5 N–H and O–H groups in total. The monoisotopic (exact) mass is 221 g/mol. The molecule has 16 heavy (non-hydrogen) atoms. The van der Waals surface area contributed by atoms with Crippen molar-refractivity contribution < 1.29 is 5.11 Å². The lowest BCUT2D eigenvalue weighted by molar-refractivity contribution is 0.292. The topological polar surface area (TPSA) is 82.1 Å². The molecule has 0 aliphatic rings. The molecular formula is C12H19N3O. The zero-order valence-corrected chi connectivity index (χ0v) is 9.59. The SMILES string of the molecule is CC(=N)c1ccc(CN)cc1NCCCO. The summed E-state index contributed by atoms with van der Waals surface area (Å²) in [5.41, 5.74) is 8.94. The summed E-state index contributed by atoms with van der Waals surface area (Å²) < 4.78 is 0. The van der Waals surface area contributed by atoms with E-state index < -0.39 is 0 Å². The fraction of sp³-hybridized carbons (Fsp3) is 0.417. The van der Waals surface area contributed by atoms with Gasteiger partial charge in [0.2, 0.25) is 0 Å². The predicted molar refractivity (Wildman–Crippen MR) is 67.0 cm³/mol. The number of nitrogens with two attached hydrogens (primary N) is 1. The molecule has 0 heterocycles. The molecule has 1 aromatic carbocycles. The number of nitrogens with one attached hydrogen (secondary N) is 2. The second-order valence-electron chi connectivity index (χ2n) is 3.71. The highest BCUT2D eigenvalue weighted by molar-refractivity contribution is 6.01. The van der Waals surface area contributed by atoms with Gasteiger partial charge in [-0.1, -0.05) is 12.1 Å². The third kappa shape index (κ3) is 3.32. The van der Waals surface area contributed by atoms with Crippen LogP contribution in [0.25, 0.3) is 0 Å². The molecule has 0 unspecified atom stereocenters. The molecule has 88 valence electrons. The van der Waals surface area contributed by atoms with Crippen LogP contribution in [0, 0.1) is 5.41 Å². The van der Waals surface area contributed by atoms with Crippen molar-refractivity contribution in [1.29, 1.82) is 5.41 Å². The Kier molecular flexibility index (Phi) is 4.95. The van der Waals surface area contributed by atoms with Crippen LogP contribution in [0.1, 0.15) is 24.5 Å². The van der Waals surface area contributed by atoms with Gasteiger partial charge in [-0.3, -0.25) is 0 Å². The van der Waals surface area contributed by atoms with E-state index in [1.54, 1.807) is 6.92 Å². The smallest absolute Gasteiger partial charge is 0.0447 e. The van der Waals surface area contributed by atoms with Gasteiger partial charge in [0.05, 0.1) is 0 Å². The Bertz CT molecular complexity index is 363. The average Bonchev–Trinajstić information content (AvgIpc) is 2.29. The first-order chi connectivity index (χ1) is 7.69. The van der Waals surface area contributed by atoms with Crippen LogP contribution in [0.2, 0.25) is 0 Å². The van der Waals surface area contributed by atoms with Crippen LogP contribution < -0.4 is 11.1 Å². The third-order valence-electron chi connectivity index (χ3n) is 2.37. The highest BCUT2D eigenvalue weighted by Crippen LogP contribution is 2.18. The number of hydrogen-bond acceptors (Lipinski definition) is 4. The van der Waals surface area contributed by atoms with Crippen LogP contribution in [0.5, 0.6) is 0 Å². The van der Waals surface area contributed by atoms with Crippen LogP contribution >= 0.6 is 0 Å². The van der Waals surface area contributed by atoms with E-state index in [1.807, 2.05) is 18.2 Å². The Morgan fingerprint density at radius 3 is 2.81 bits per heavy atom. The zero-order chi connectivity index (χ0) is 12.0. The first-order valence-electron chi connectivity index (χ1n) is 5.42. The highest BCUT2D eigenvalue weighted by Gasteiger charge is 2.04. The fourth-order valence-corrected chi connectivity index (χ4v) is 1.49. The van der Waals surface area contributed by atoms with Gasteiger partial charge < -0.3 is 21.6 Å². The fourth-order valence-electron chi connectivity index (χ4n) is 1.49. The van der Waals surface area contributed by atoms with E-state index in [0.29, 0.717) is 25.2 Å². The first-order valence-corrected chi connectivity index (χ1v) is 5.42. The van der Waals surface area contributed by atoms with Crippen molar-refractivity contribution in [2.75, 3.05) is 18.5 Å². The van der Waals surface area contributed by atoms with Crippen molar-refractivity contribution in [2.45, 2.75) is 19.9 Å². The molecule has 0 fully saturated rings. The molecule has 0 amide bonds. The Hall–Kier alpha value is -1.39. The number of anilines is 1. The second-order valence-corrected chi connectivity index (χ2v) is 3.71. The van der Waals surface area contributed by atoms with Crippen molar-refractivity contribution in [3.8, 4) is 0 Å². The molecular weight excluding hydrogens is 202 g/mol. The van der Waals surface area contributed by atoms with Gasteiger partial charge in [0.1, 0.15) is 0 Å². The Morgan fingerprint density at radius 1 is 1.50 bits per heavy atom. The minimum atomic E-state index is 0.169. The number of aliphatic hydroxyl groups excluding tert-OH is 1. The largest absolute Gasteiger partial charge is 0.396 e. The van der Waals surface area contributed by atoms with Crippen molar-refractivity contribution in [3.63, 3.8) is 0 Å². The summed E-state index contributed by atoms with van der Waals surface area (Å²) in [5, 5.41) is 19.6. The van der Waals surface area contributed by atoms with E-state index in [2.05, 4.69) is 5.32 Å². The average molecular weight is 221 g/mol. The Labute approximate surface area is 96.0 Å². The molecule has 0 aromatic heterocycles. The summed E-state index contributed by atoms with van der Waals surface area (Å²) in [6.45, 7) is 3.12. The molecule has 0 bridgehead atoms. The normalized spacial score (nSPS) is 10.2.